The van der Waals surface area contributed by atoms with E-state index >= 15 is 0 Å². The molecule has 0 aliphatic heterocycles. The third-order valence-electron chi connectivity index (χ3n) is 5.05. The van der Waals surface area contributed by atoms with Crippen molar-refractivity contribution in [3.8, 4) is 0 Å². The van der Waals surface area contributed by atoms with Crippen LogP contribution in [0.15, 0.2) is 65.8 Å². The van der Waals surface area contributed by atoms with Crippen LogP contribution in [0.1, 0.15) is 32.6 Å². The molecule has 0 saturated heterocycles. The molecule has 9 heteroatoms. The molecule has 6 nitrogen and oxygen atoms in total. The summed E-state index contributed by atoms with van der Waals surface area (Å²) in [5, 5.41) is 4.85. The zero-order valence-electron chi connectivity index (χ0n) is 18.3. The van der Waals surface area contributed by atoms with Crippen LogP contribution in [0.4, 0.5) is 5.69 Å². The summed E-state index contributed by atoms with van der Waals surface area (Å²) in [7, 11) is -3.50. The zero-order chi connectivity index (χ0) is 24.2. The molecule has 0 bridgehead atoms. The van der Waals surface area contributed by atoms with Crippen LogP contribution >= 0.6 is 23.2 Å². The SMILES string of the molecule is Cc1ccc(N(Cc2ccc(C(=O)N/N=C/c3ccc(Cl)cc3Cl)cc2)S(C)(=O)=O)cc1C. The molecule has 0 heterocycles. The quantitative estimate of drug-likeness (QED) is 0.349. The van der Waals surface area contributed by atoms with Gasteiger partial charge in [-0.2, -0.15) is 5.10 Å². The highest BCUT2D eigenvalue weighted by atomic mass is 35.5. The second-order valence-electron chi connectivity index (χ2n) is 7.60. The Bertz CT molecular complexity index is 1310. The van der Waals surface area contributed by atoms with Gasteiger partial charge in [0.15, 0.2) is 0 Å². The lowest BCUT2D eigenvalue weighted by Gasteiger charge is -2.23. The summed E-state index contributed by atoms with van der Waals surface area (Å²) in [4.78, 5) is 12.4. The van der Waals surface area contributed by atoms with Crippen molar-refractivity contribution in [3.05, 3.63) is 98.5 Å². The van der Waals surface area contributed by atoms with E-state index in [9.17, 15) is 13.2 Å². The molecule has 3 aromatic carbocycles. The zero-order valence-corrected chi connectivity index (χ0v) is 20.7. The standard InChI is InChI=1S/C24H23Cl2N3O3S/c1-16-4-11-22(12-17(16)2)29(33(3,31)32)15-18-5-7-19(8-6-18)24(30)28-27-14-20-9-10-21(25)13-23(20)26/h4-14H,15H2,1-3H3,(H,28,30)/b27-14+. The Morgan fingerprint density at radius 1 is 1.00 bits per heavy atom. The number of amides is 1. The molecule has 172 valence electrons. The van der Waals surface area contributed by atoms with Crippen molar-refractivity contribution < 1.29 is 13.2 Å². The predicted octanol–water partition coefficient (Wildman–Crippen LogP) is 5.34. The molecule has 0 aliphatic carbocycles. The maximum Gasteiger partial charge on any atom is 0.271 e. The maximum atomic E-state index is 12.4. The van der Waals surface area contributed by atoms with Crippen LogP contribution in [0.25, 0.3) is 0 Å². The van der Waals surface area contributed by atoms with Crippen LogP contribution < -0.4 is 9.73 Å². The molecule has 1 amide bonds. The van der Waals surface area contributed by atoms with Crippen LogP contribution in [-0.4, -0.2) is 26.8 Å². The lowest BCUT2D eigenvalue weighted by atomic mass is 10.1. The number of sulfonamides is 1. The van der Waals surface area contributed by atoms with E-state index in [1.54, 1.807) is 48.5 Å². The van der Waals surface area contributed by atoms with Gasteiger partial charge in [0.2, 0.25) is 10.0 Å². The van der Waals surface area contributed by atoms with Crippen molar-refractivity contribution in [2.75, 3.05) is 10.6 Å². The number of hydrogen-bond donors (Lipinski definition) is 1. The van der Waals surface area contributed by atoms with E-state index in [2.05, 4.69) is 10.5 Å². The number of hydrogen-bond acceptors (Lipinski definition) is 4. The fourth-order valence-corrected chi connectivity index (χ4v) is 4.38. The average molecular weight is 504 g/mol. The fraction of sp³-hybridized carbons (Fsp3) is 0.167. The number of anilines is 1. The van der Waals surface area contributed by atoms with Crippen molar-refractivity contribution in [1.82, 2.24) is 5.43 Å². The molecular formula is C24H23Cl2N3O3S. The normalized spacial score (nSPS) is 11.5. The van der Waals surface area contributed by atoms with Crippen molar-refractivity contribution >= 4 is 51.0 Å². The van der Waals surface area contributed by atoms with E-state index in [0.29, 0.717) is 26.9 Å². The van der Waals surface area contributed by atoms with Crippen molar-refractivity contribution in [3.63, 3.8) is 0 Å². The van der Waals surface area contributed by atoms with Crippen molar-refractivity contribution in [1.29, 1.82) is 0 Å². The van der Waals surface area contributed by atoms with Gasteiger partial charge in [0.1, 0.15) is 0 Å². The maximum absolute atomic E-state index is 12.4. The molecule has 1 N–H and O–H groups in total. The first-order chi connectivity index (χ1) is 15.5. The van der Waals surface area contributed by atoms with Crippen LogP contribution in [0, 0.1) is 13.8 Å². The van der Waals surface area contributed by atoms with Gasteiger partial charge < -0.3 is 0 Å². The summed E-state index contributed by atoms with van der Waals surface area (Å²) in [5.41, 5.74) is 6.87. The first-order valence-corrected chi connectivity index (χ1v) is 12.6. The number of nitrogens with zero attached hydrogens (tertiary/aromatic N) is 2. The van der Waals surface area contributed by atoms with E-state index in [1.165, 1.54) is 16.8 Å². The van der Waals surface area contributed by atoms with E-state index < -0.39 is 15.9 Å². The molecule has 0 fully saturated rings. The smallest absolute Gasteiger partial charge is 0.267 e. The molecular weight excluding hydrogens is 481 g/mol. The first kappa shape index (κ1) is 24.8. The van der Waals surface area contributed by atoms with E-state index in [4.69, 9.17) is 23.2 Å². The Morgan fingerprint density at radius 3 is 2.30 bits per heavy atom. The van der Waals surface area contributed by atoms with Gasteiger partial charge in [0, 0.05) is 16.1 Å². The Balaban J connectivity index is 1.70. The highest BCUT2D eigenvalue weighted by Gasteiger charge is 2.18. The summed E-state index contributed by atoms with van der Waals surface area (Å²) in [6.07, 6.45) is 2.60. The third-order valence-corrected chi connectivity index (χ3v) is 6.76. The topological polar surface area (TPSA) is 78.8 Å². The molecule has 0 aliphatic rings. The Morgan fingerprint density at radius 2 is 1.70 bits per heavy atom. The molecule has 0 radical (unpaired) electrons. The van der Waals surface area contributed by atoms with E-state index in [1.807, 2.05) is 26.0 Å². The summed E-state index contributed by atoms with van der Waals surface area (Å²) in [6, 6.07) is 17.2. The minimum absolute atomic E-state index is 0.149. The molecule has 0 saturated carbocycles. The van der Waals surface area contributed by atoms with Gasteiger partial charge in [-0.15, -0.1) is 0 Å². The Labute approximate surface area is 203 Å². The summed E-state index contributed by atoms with van der Waals surface area (Å²) in [6.45, 7) is 4.06. The Kier molecular flexibility index (Phi) is 7.79. The first-order valence-electron chi connectivity index (χ1n) is 9.97. The van der Waals surface area contributed by atoms with E-state index in [-0.39, 0.29) is 6.54 Å². The number of carbonyl (C=O) groups excluding carboxylic acids is 1. The fourth-order valence-electron chi connectivity index (χ4n) is 3.04. The number of halogens is 2. The van der Waals surface area contributed by atoms with Gasteiger partial charge in [-0.05, 0) is 66.9 Å². The number of carbonyl (C=O) groups is 1. The lowest BCUT2D eigenvalue weighted by Crippen LogP contribution is -2.29. The minimum Gasteiger partial charge on any atom is -0.267 e. The van der Waals surface area contributed by atoms with Gasteiger partial charge in [0.05, 0.1) is 29.7 Å². The molecule has 0 spiro atoms. The molecule has 0 unspecified atom stereocenters. The largest absolute Gasteiger partial charge is 0.271 e. The van der Waals surface area contributed by atoms with Gasteiger partial charge in [-0.3, -0.25) is 9.10 Å². The number of aryl methyl sites for hydroxylation is 2. The van der Waals surface area contributed by atoms with Gasteiger partial charge in [-0.25, -0.2) is 13.8 Å². The molecule has 3 aromatic rings. The second kappa shape index (κ2) is 10.4. The summed E-state index contributed by atoms with van der Waals surface area (Å²) >= 11 is 11.9. The number of rotatable bonds is 7. The highest BCUT2D eigenvalue weighted by molar-refractivity contribution is 7.92. The predicted molar refractivity (Wildman–Crippen MR) is 135 cm³/mol. The average Bonchev–Trinajstić information content (AvgIpc) is 2.75. The number of benzene rings is 3. The number of nitrogens with one attached hydrogen (secondary N) is 1. The lowest BCUT2D eigenvalue weighted by molar-refractivity contribution is 0.0955. The molecule has 33 heavy (non-hydrogen) atoms. The van der Waals surface area contributed by atoms with Gasteiger partial charge in [-0.1, -0.05) is 47.5 Å². The van der Waals surface area contributed by atoms with Gasteiger partial charge >= 0.3 is 0 Å². The summed E-state index contributed by atoms with van der Waals surface area (Å²) in [5.74, 6) is -0.406. The van der Waals surface area contributed by atoms with Crippen LogP contribution in [0.2, 0.25) is 10.0 Å². The van der Waals surface area contributed by atoms with Crippen LogP contribution in [0.3, 0.4) is 0 Å². The van der Waals surface area contributed by atoms with Crippen LogP contribution in [-0.2, 0) is 16.6 Å². The van der Waals surface area contributed by atoms with E-state index in [0.717, 1.165) is 16.7 Å². The summed E-state index contributed by atoms with van der Waals surface area (Å²) < 4.78 is 26.2. The molecule has 0 atom stereocenters. The molecule has 3 rings (SSSR count). The van der Waals surface area contributed by atoms with Crippen molar-refractivity contribution in [2.24, 2.45) is 5.10 Å². The van der Waals surface area contributed by atoms with Gasteiger partial charge in [0.25, 0.3) is 5.91 Å². The minimum atomic E-state index is -3.50. The second-order valence-corrected chi connectivity index (χ2v) is 10.4. The van der Waals surface area contributed by atoms with Crippen molar-refractivity contribution in [2.45, 2.75) is 20.4 Å². The highest BCUT2D eigenvalue weighted by Crippen LogP contribution is 2.24. The monoisotopic (exact) mass is 503 g/mol. The molecule has 0 aromatic heterocycles. The Hall–Kier alpha value is -2.87. The van der Waals surface area contributed by atoms with Crippen LogP contribution in [0.5, 0.6) is 0 Å². The third kappa shape index (κ3) is 6.57. The number of hydrazone groups is 1.